The zero-order valence-corrected chi connectivity index (χ0v) is 10.8. The molecule has 0 heterocycles. The predicted molar refractivity (Wildman–Crippen MR) is 15.2 cm³/mol. The van der Waals surface area contributed by atoms with E-state index in [2.05, 4.69) is 0 Å². The third-order valence-corrected chi connectivity index (χ3v) is 0. The molecule has 0 saturated carbocycles. The first kappa shape index (κ1) is 23.5. The van der Waals surface area contributed by atoms with Gasteiger partial charge in [-0.25, -0.2) is 0 Å². The van der Waals surface area contributed by atoms with E-state index in [0.29, 0.717) is 0 Å². The van der Waals surface area contributed by atoms with E-state index >= 15 is 0 Å². The van der Waals surface area contributed by atoms with E-state index in [1.807, 2.05) is 0 Å². The Kier molecular flexibility index (Phi) is 18.4. The molecule has 0 N–H and O–H groups in total. The van der Waals surface area contributed by atoms with Crippen LogP contribution in [0, 0.1) is 0 Å². The molecule has 0 bridgehead atoms. The molecular formula is NaO8P2V. The van der Waals surface area contributed by atoms with Crippen molar-refractivity contribution in [3.05, 3.63) is 0 Å². The maximum absolute atomic E-state index is 8.55. The molecule has 8 nitrogen and oxygen atoms in total. The van der Waals surface area contributed by atoms with Crippen molar-refractivity contribution < 1.29 is 86.6 Å². The fourth-order valence-corrected chi connectivity index (χ4v) is 0. The number of hydrogen-bond acceptors (Lipinski definition) is 8. The largest absolute Gasteiger partial charge is 5.00 e. The average molecular weight is 264 g/mol. The molecule has 0 amide bonds. The summed E-state index contributed by atoms with van der Waals surface area (Å²) in [7, 11) is -10.8. The Hall–Kier alpha value is 1.80. The Bertz CT molecular complexity index is 129. The smallest absolute Gasteiger partial charge is 0.822 e. The molecule has 0 unspecified atom stereocenters. The molecule has 0 aliphatic carbocycles. The van der Waals surface area contributed by atoms with Gasteiger partial charge in [0.25, 0.3) is 0 Å². The molecule has 0 aromatic rings. The van der Waals surface area contributed by atoms with Crippen LogP contribution in [0.2, 0.25) is 0 Å². The Morgan fingerprint density at radius 3 is 0.667 bits per heavy atom. The van der Waals surface area contributed by atoms with E-state index in [1.54, 1.807) is 0 Å². The first-order valence-corrected chi connectivity index (χ1v) is 4.38. The van der Waals surface area contributed by atoms with Crippen LogP contribution in [0.25, 0.3) is 0 Å². The molecular weight excluding hydrogens is 264 g/mol. The van der Waals surface area contributed by atoms with E-state index in [-0.39, 0.29) is 48.1 Å². The fourth-order valence-electron chi connectivity index (χ4n) is 0. The summed E-state index contributed by atoms with van der Waals surface area (Å²) in [5.74, 6) is 0. The second-order valence-electron chi connectivity index (χ2n) is 0.894. The van der Waals surface area contributed by atoms with Gasteiger partial charge in [0, 0.05) is 0 Å². The summed E-state index contributed by atoms with van der Waals surface area (Å²) in [6.07, 6.45) is 0. The SMILES string of the molecule is O=P([O-])([O-])[O-].O=P([O-])([O-])[O-].[Na+].[V+5]. The quantitative estimate of drug-likeness (QED) is 0.306. The molecule has 0 aliphatic heterocycles. The minimum atomic E-state index is -5.39. The Morgan fingerprint density at radius 2 is 0.667 bits per heavy atom. The van der Waals surface area contributed by atoms with Gasteiger partial charge in [-0.1, -0.05) is 0 Å². The second-order valence-corrected chi connectivity index (χ2v) is 2.68. The van der Waals surface area contributed by atoms with Crippen LogP contribution in [0.1, 0.15) is 0 Å². The Balaban J connectivity index is -0.0000000457. The normalized spacial score (nSPS) is 9.83. The molecule has 0 spiro atoms. The van der Waals surface area contributed by atoms with Gasteiger partial charge in [-0.15, -0.1) is 0 Å². The topological polar surface area (TPSA) is 172 Å². The van der Waals surface area contributed by atoms with E-state index in [4.69, 9.17) is 38.5 Å². The Morgan fingerprint density at radius 1 is 0.667 bits per heavy atom. The Labute approximate surface area is 102 Å². The molecule has 0 aromatic heterocycles. The summed E-state index contributed by atoms with van der Waals surface area (Å²) >= 11 is 0. The van der Waals surface area contributed by atoms with Crippen LogP contribution in [0.5, 0.6) is 0 Å². The number of phosphoric acid groups is 2. The summed E-state index contributed by atoms with van der Waals surface area (Å²) in [5.41, 5.74) is 0. The van der Waals surface area contributed by atoms with Gasteiger partial charge in [-0.05, 0) is 0 Å². The molecule has 0 radical (unpaired) electrons. The van der Waals surface area contributed by atoms with Crippen molar-refractivity contribution in [2.45, 2.75) is 0 Å². The zero-order valence-electron chi connectivity index (χ0n) is 5.61. The molecule has 0 atom stereocenters. The van der Waals surface area contributed by atoms with Gasteiger partial charge in [0.2, 0.25) is 0 Å². The van der Waals surface area contributed by atoms with Crippen LogP contribution in [0.4, 0.5) is 0 Å². The van der Waals surface area contributed by atoms with Gasteiger partial charge >= 0.3 is 48.1 Å². The third kappa shape index (κ3) is 423. The van der Waals surface area contributed by atoms with Crippen LogP contribution in [0.15, 0.2) is 0 Å². The average Bonchev–Trinajstić information content (AvgIpc) is 1.12. The molecule has 0 aliphatic rings. The van der Waals surface area contributed by atoms with Gasteiger partial charge in [0.15, 0.2) is 0 Å². The van der Waals surface area contributed by atoms with Crippen molar-refractivity contribution in [2.24, 2.45) is 0 Å². The van der Waals surface area contributed by atoms with Crippen LogP contribution < -0.4 is 58.9 Å². The van der Waals surface area contributed by atoms with Crippen LogP contribution in [0.3, 0.4) is 0 Å². The summed E-state index contributed by atoms with van der Waals surface area (Å²) < 4.78 is 17.1. The first-order valence-electron chi connectivity index (χ1n) is 1.46. The first-order chi connectivity index (χ1) is 4.00. The van der Waals surface area contributed by atoms with Gasteiger partial charge in [-0.3, -0.25) is 0 Å². The second kappa shape index (κ2) is 9.36. The number of rotatable bonds is 0. The van der Waals surface area contributed by atoms with Crippen molar-refractivity contribution in [3.63, 3.8) is 0 Å². The summed E-state index contributed by atoms with van der Waals surface area (Å²) in [6.45, 7) is 0. The van der Waals surface area contributed by atoms with E-state index in [1.165, 1.54) is 0 Å². The molecule has 0 fully saturated rings. The summed E-state index contributed by atoms with van der Waals surface area (Å²) in [4.78, 5) is 51.3. The van der Waals surface area contributed by atoms with E-state index in [9.17, 15) is 0 Å². The maximum Gasteiger partial charge on any atom is 5.00 e. The van der Waals surface area contributed by atoms with Gasteiger partial charge in [-0.2, -0.15) is 15.6 Å². The molecule has 0 saturated heterocycles. The van der Waals surface area contributed by atoms with Crippen LogP contribution in [-0.4, -0.2) is 0 Å². The molecule has 0 rings (SSSR count). The van der Waals surface area contributed by atoms with E-state index < -0.39 is 15.6 Å². The summed E-state index contributed by atoms with van der Waals surface area (Å²) in [5, 5.41) is 0. The van der Waals surface area contributed by atoms with Crippen LogP contribution in [-0.2, 0) is 27.7 Å². The molecule has 12 heteroatoms. The predicted octanol–water partition coefficient (Wildman–Crippen LogP) is -8.65. The van der Waals surface area contributed by atoms with Gasteiger partial charge < -0.3 is 38.5 Å². The van der Waals surface area contributed by atoms with Gasteiger partial charge in [0.1, 0.15) is 0 Å². The van der Waals surface area contributed by atoms with Crippen molar-refractivity contribution in [1.82, 2.24) is 0 Å². The van der Waals surface area contributed by atoms with Crippen molar-refractivity contribution in [1.29, 1.82) is 0 Å². The van der Waals surface area contributed by atoms with E-state index in [0.717, 1.165) is 0 Å². The fraction of sp³-hybridized carbons (Fsp3) is 0. The summed E-state index contributed by atoms with van der Waals surface area (Å²) in [6, 6.07) is 0. The van der Waals surface area contributed by atoms with Crippen molar-refractivity contribution in [3.8, 4) is 0 Å². The molecule has 12 heavy (non-hydrogen) atoms. The zero-order chi connectivity index (χ0) is 9.00. The number of hydrogen-bond donors (Lipinski definition) is 0. The molecule has 64 valence electrons. The third-order valence-electron chi connectivity index (χ3n) is 0. The maximum atomic E-state index is 8.55. The molecule has 0 aromatic carbocycles. The van der Waals surface area contributed by atoms with Crippen LogP contribution >= 0.6 is 15.6 Å². The van der Waals surface area contributed by atoms with Gasteiger partial charge in [0.05, 0.1) is 0 Å². The minimum absolute atomic E-state index is 0. The minimum Gasteiger partial charge on any atom is -0.822 e. The van der Waals surface area contributed by atoms with Crippen molar-refractivity contribution >= 4 is 15.6 Å². The van der Waals surface area contributed by atoms with Crippen molar-refractivity contribution in [2.75, 3.05) is 0 Å². The standard InChI is InChI=1S/Na.2H3O4P.V/c;2*1-5(2,3)4;/h;2*(H3,1,2,3,4);/q+1;;;+5/p-6. The monoisotopic (exact) mass is 264 g/mol.